The van der Waals surface area contributed by atoms with Gasteiger partial charge in [0.1, 0.15) is 29.2 Å². The van der Waals surface area contributed by atoms with Crippen LogP contribution in [0.1, 0.15) is 31.7 Å². The van der Waals surface area contributed by atoms with E-state index in [4.69, 9.17) is 0 Å². The molecule has 1 saturated carbocycles. The van der Waals surface area contributed by atoms with E-state index in [-0.39, 0.29) is 18.9 Å². The lowest BCUT2D eigenvalue weighted by molar-refractivity contribution is -0.134. The number of aliphatic hydroxyl groups is 2. The molecule has 0 spiro atoms. The van der Waals surface area contributed by atoms with E-state index in [0.29, 0.717) is 25.6 Å². The van der Waals surface area contributed by atoms with Gasteiger partial charge in [0.15, 0.2) is 0 Å². The topological polar surface area (TPSA) is 113 Å². The van der Waals surface area contributed by atoms with Crippen LogP contribution in [0, 0.1) is 0 Å². The van der Waals surface area contributed by atoms with Crippen molar-refractivity contribution in [3.63, 3.8) is 0 Å². The number of piperidine rings is 1. The fourth-order valence-electron chi connectivity index (χ4n) is 5.44. The molecule has 2 aliphatic rings. The number of anilines is 1. The number of rotatable bonds is 9. The van der Waals surface area contributed by atoms with E-state index in [1.54, 1.807) is 12.5 Å². The van der Waals surface area contributed by atoms with Crippen molar-refractivity contribution in [1.29, 1.82) is 0 Å². The van der Waals surface area contributed by atoms with Crippen molar-refractivity contribution in [3.05, 3.63) is 66.9 Å². The molecule has 0 amide bonds. The third kappa shape index (κ3) is 4.94. The van der Waals surface area contributed by atoms with Gasteiger partial charge in [-0.15, -0.1) is 0 Å². The minimum absolute atomic E-state index is 0.0531. The van der Waals surface area contributed by atoms with Crippen LogP contribution < -0.4 is 4.90 Å². The van der Waals surface area contributed by atoms with Crippen LogP contribution in [-0.2, 0) is 17.9 Å². The molecule has 6 rings (SSSR count). The Bertz CT molecular complexity index is 1410. The van der Waals surface area contributed by atoms with Gasteiger partial charge >= 0.3 is 0 Å². The predicted octanol–water partition coefficient (Wildman–Crippen LogP) is 2.17. The van der Waals surface area contributed by atoms with Gasteiger partial charge in [0.2, 0.25) is 0 Å². The summed E-state index contributed by atoms with van der Waals surface area (Å²) in [5.74, 6) is 0.938. The number of carbonyl (C=O) groups is 1. The molecular formula is C28H33N7O3. The maximum atomic E-state index is 11.5. The SMILES string of the molecule is CC(=O)CN1CCC(O)(Cn2ccc3c(N(Cc4ccc(-n5cccn5)cc4)C4CC4)ncnc32)C(O)C1. The second kappa shape index (κ2) is 9.94. The molecule has 0 radical (unpaired) electrons. The molecule has 4 aromatic rings. The van der Waals surface area contributed by atoms with Crippen molar-refractivity contribution < 1.29 is 15.0 Å². The third-order valence-electron chi connectivity index (χ3n) is 7.66. The smallest absolute Gasteiger partial charge is 0.145 e. The van der Waals surface area contributed by atoms with E-state index in [1.165, 1.54) is 12.5 Å². The van der Waals surface area contributed by atoms with Crippen molar-refractivity contribution in [1.82, 2.24) is 29.2 Å². The average molecular weight is 516 g/mol. The zero-order valence-electron chi connectivity index (χ0n) is 21.5. The lowest BCUT2D eigenvalue weighted by Crippen LogP contribution is -2.58. The quantitative estimate of drug-likeness (QED) is 0.349. The molecule has 2 fully saturated rings. The number of benzene rings is 1. The molecule has 10 nitrogen and oxygen atoms in total. The first kappa shape index (κ1) is 24.7. The molecule has 2 atom stereocenters. The van der Waals surface area contributed by atoms with E-state index < -0.39 is 11.7 Å². The normalized spacial score (nSPS) is 22.1. The van der Waals surface area contributed by atoms with Gasteiger partial charge in [0, 0.05) is 44.3 Å². The molecule has 10 heteroatoms. The first-order chi connectivity index (χ1) is 18.4. The second-order valence-corrected chi connectivity index (χ2v) is 10.7. The molecule has 38 heavy (non-hydrogen) atoms. The summed E-state index contributed by atoms with van der Waals surface area (Å²) in [5, 5.41) is 27.4. The molecule has 2 N–H and O–H groups in total. The Morgan fingerprint density at radius 3 is 2.66 bits per heavy atom. The highest BCUT2D eigenvalue weighted by molar-refractivity contribution is 5.88. The van der Waals surface area contributed by atoms with E-state index >= 15 is 0 Å². The van der Waals surface area contributed by atoms with Crippen LogP contribution in [0.15, 0.2) is 61.3 Å². The van der Waals surface area contributed by atoms with Gasteiger partial charge in [-0.1, -0.05) is 12.1 Å². The molecular weight excluding hydrogens is 482 g/mol. The number of fused-ring (bicyclic) bond motifs is 1. The maximum Gasteiger partial charge on any atom is 0.145 e. The van der Waals surface area contributed by atoms with E-state index in [1.807, 2.05) is 38.7 Å². The number of hydrogen-bond acceptors (Lipinski definition) is 8. The fraction of sp³-hybridized carbons (Fsp3) is 0.429. The number of hydrogen-bond donors (Lipinski definition) is 2. The van der Waals surface area contributed by atoms with Gasteiger partial charge in [-0.25, -0.2) is 14.6 Å². The van der Waals surface area contributed by atoms with Crippen LogP contribution in [0.25, 0.3) is 16.7 Å². The van der Waals surface area contributed by atoms with E-state index in [9.17, 15) is 15.0 Å². The number of aliphatic hydroxyl groups excluding tert-OH is 1. The van der Waals surface area contributed by atoms with Crippen molar-refractivity contribution in [2.75, 3.05) is 24.5 Å². The summed E-state index contributed by atoms with van der Waals surface area (Å²) in [4.78, 5) is 25.0. The van der Waals surface area contributed by atoms with Crippen molar-refractivity contribution in [2.45, 2.75) is 57.0 Å². The summed E-state index contributed by atoms with van der Waals surface area (Å²) in [5.41, 5.74) is 1.65. The zero-order valence-corrected chi connectivity index (χ0v) is 21.5. The van der Waals surface area contributed by atoms with Crippen LogP contribution >= 0.6 is 0 Å². The molecule has 198 valence electrons. The molecule has 0 bridgehead atoms. The monoisotopic (exact) mass is 515 g/mol. The first-order valence-corrected chi connectivity index (χ1v) is 13.2. The summed E-state index contributed by atoms with van der Waals surface area (Å²) in [7, 11) is 0. The van der Waals surface area contributed by atoms with Gasteiger partial charge in [-0.2, -0.15) is 5.10 Å². The zero-order chi connectivity index (χ0) is 26.3. The lowest BCUT2D eigenvalue weighted by Gasteiger charge is -2.42. The largest absolute Gasteiger partial charge is 0.389 e. The van der Waals surface area contributed by atoms with Gasteiger partial charge < -0.3 is 19.7 Å². The summed E-state index contributed by atoms with van der Waals surface area (Å²) < 4.78 is 3.76. The number of ketones is 1. The lowest BCUT2D eigenvalue weighted by atomic mass is 9.88. The van der Waals surface area contributed by atoms with Crippen LogP contribution in [-0.4, -0.2) is 82.6 Å². The summed E-state index contributed by atoms with van der Waals surface area (Å²) in [6.45, 7) is 3.61. The van der Waals surface area contributed by atoms with Crippen LogP contribution in [0.5, 0.6) is 0 Å². The van der Waals surface area contributed by atoms with E-state index in [0.717, 1.165) is 41.9 Å². The highest BCUT2D eigenvalue weighted by Crippen LogP contribution is 2.36. The predicted molar refractivity (Wildman–Crippen MR) is 143 cm³/mol. The number of carbonyl (C=O) groups excluding carboxylic acids is 1. The second-order valence-electron chi connectivity index (χ2n) is 10.7. The van der Waals surface area contributed by atoms with Crippen LogP contribution in [0.4, 0.5) is 5.82 Å². The Balaban J connectivity index is 1.23. The van der Waals surface area contributed by atoms with E-state index in [2.05, 4.69) is 44.2 Å². The Morgan fingerprint density at radius 2 is 1.97 bits per heavy atom. The van der Waals surface area contributed by atoms with Gasteiger partial charge in [-0.3, -0.25) is 9.69 Å². The number of Topliss-reactive ketones (excluding diaryl/α,β-unsaturated/α-hetero) is 1. The Kier molecular flexibility index (Phi) is 6.46. The molecule has 1 aromatic carbocycles. The van der Waals surface area contributed by atoms with Gasteiger partial charge in [-0.05, 0) is 56.0 Å². The molecule has 3 aromatic heterocycles. The fourth-order valence-corrected chi connectivity index (χ4v) is 5.44. The third-order valence-corrected chi connectivity index (χ3v) is 7.66. The molecule has 1 aliphatic heterocycles. The maximum absolute atomic E-state index is 11.5. The summed E-state index contributed by atoms with van der Waals surface area (Å²) in [6.07, 6.45) is 8.87. The van der Waals surface area contributed by atoms with Crippen LogP contribution in [0.3, 0.4) is 0 Å². The van der Waals surface area contributed by atoms with Gasteiger partial charge in [0.05, 0.1) is 30.3 Å². The summed E-state index contributed by atoms with van der Waals surface area (Å²) in [6, 6.07) is 12.8. The van der Waals surface area contributed by atoms with Crippen molar-refractivity contribution in [2.24, 2.45) is 0 Å². The van der Waals surface area contributed by atoms with Gasteiger partial charge in [0.25, 0.3) is 0 Å². The standard InChI is InChI=1S/C28H33N7O3/c1-20(36)15-32-14-10-28(38,25(37)17-32)18-33-13-9-24-26(33)29-19-30-27(24)34(22-7-8-22)16-21-3-5-23(6-4-21)35-12-2-11-31-35/h2-6,9,11-13,19,22,25,37-38H,7-8,10,14-18H2,1H3. The number of aromatic nitrogens is 5. The number of β-amino-alcohol motifs (C(OH)–C–C–N with tert-alkyl or cyclic N) is 1. The number of likely N-dealkylation sites (tertiary alicyclic amines) is 1. The minimum atomic E-state index is -1.29. The summed E-state index contributed by atoms with van der Waals surface area (Å²) >= 11 is 0. The molecule has 1 saturated heterocycles. The highest BCUT2D eigenvalue weighted by Gasteiger charge is 2.41. The Hall–Kier alpha value is -3.60. The highest BCUT2D eigenvalue weighted by atomic mass is 16.3. The molecule has 1 aliphatic carbocycles. The molecule has 2 unspecified atom stereocenters. The molecule has 4 heterocycles. The first-order valence-electron chi connectivity index (χ1n) is 13.2. The minimum Gasteiger partial charge on any atom is -0.389 e. The van der Waals surface area contributed by atoms with Crippen molar-refractivity contribution in [3.8, 4) is 5.69 Å². The number of nitrogens with zero attached hydrogens (tertiary/aromatic N) is 7. The average Bonchev–Trinajstić information content (AvgIpc) is 3.43. The Labute approximate surface area is 221 Å². The van der Waals surface area contributed by atoms with Crippen molar-refractivity contribution >= 4 is 22.6 Å². The Morgan fingerprint density at radius 1 is 1.16 bits per heavy atom. The van der Waals surface area contributed by atoms with Crippen LogP contribution in [0.2, 0.25) is 0 Å².